The summed E-state index contributed by atoms with van der Waals surface area (Å²) < 4.78 is 1.67. The summed E-state index contributed by atoms with van der Waals surface area (Å²) in [5.41, 5.74) is 5.38. The third kappa shape index (κ3) is 2.50. The Labute approximate surface area is 118 Å². The number of hydrogen-bond donors (Lipinski definition) is 1. The summed E-state index contributed by atoms with van der Waals surface area (Å²) in [5.74, 6) is -1.02. The second-order valence-electron chi connectivity index (χ2n) is 4.94. The van der Waals surface area contributed by atoms with Gasteiger partial charge in [-0.25, -0.2) is 4.79 Å². The Balaban J connectivity index is 2.64. The van der Waals surface area contributed by atoms with E-state index in [-0.39, 0.29) is 5.69 Å². The van der Waals surface area contributed by atoms with Gasteiger partial charge < -0.3 is 5.11 Å². The van der Waals surface area contributed by atoms with Crippen LogP contribution in [0.25, 0.3) is 11.3 Å². The lowest BCUT2D eigenvalue weighted by atomic mass is 9.98. The minimum absolute atomic E-state index is 0.0551. The fraction of sp³-hybridized carbons (Fsp3) is 0.250. The highest BCUT2D eigenvalue weighted by atomic mass is 16.4. The smallest absolute Gasteiger partial charge is 0.356 e. The average Bonchev–Trinajstić information content (AvgIpc) is 2.78. The van der Waals surface area contributed by atoms with E-state index in [1.807, 2.05) is 13.8 Å². The fourth-order valence-corrected chi connectivity index (χ4v) is 2.24. The largest absolute Gasteiger partial charge is 0.476 e. The van der Waals surface area contributed by atoms with Crippen molar-refractivity contribution in [1.29, 1.82) is 0 Å². The van der Waals surface area contributed by atoms with Crippen LogP contribution in [0.3, 0.4) is 0 Å². The highest BCUT2D eigenvalue weighted by molar-refractivity contribution is 5.87. The summed E-state index contributed by atoms with van der Waals surface area (Å²) in [4.78, 5) is 11.1. The minimum Gasteiger partial charge on any atom is -0.476 e. The molecule has 0 amide bonds. The maximum Gasteiger partial charge on any atom is 0.356 e. The van der Waals surface area contributed by atoms with E-state index >= 15 is 0 Å². The van der Waals surface area contributed by atoms with Gasteiger partial charge in [-0.1, -0.05) is 12.1 Å². The van der Waals surface area contributed by atoms with Crippen LogP contribution in [-0.4, -0.2) is 20.9 Å². The summed E-state index contributed by atoms with van der Waals surface area (Å²) in [6.07, 6.45) is 1.71. The van der Waals surface area contributed by atoms with Crippen molar-refractivity contribution >= 4 is 5.97 Å². The van der Waals surface area contributed by atoms with Crippen molar-refractivity contribution < 1.29 is 9.90 Å². The van der Waals surface area contributed by atoms with Gasteiger partial charge >= 0.3 is 5.97 Å². The third-order valence-electron chi connectivity index (χ3n) is 3.42. The van der Waals surface area contributed by atoms with Gasteiger partial charge in [0.25, 0.3) is 0 Å². The van der Waals surface area contributed by atoms with Gasteiger partial charge in [0.05, 0.1) is 12.2 Å². The molecule has 1 N–H and O–H groups in total. The molecule has 0 saturated carbocycles. The zero-order valence-corrected chi connectivity index (χ0v) is 12.0. The highest BCUT2D eigenvalue weighted by Gasteiger charge is 2.16. The zero-order valence-electron chi connectivity index (χ0n) is 12.0. The van der Waals surface area contributed by atoms with E-state index in [2.05, 4.69) is 30.7 Å². The number of hydrogen-bond acceptors (Lipinski definition) is 2. The van der Waals surface area contributed by atoms with Crippen LogP contribution in [0.5, 0.6) is 0 Å². The molecular formula is C16H18N2O2. The molecule has 2 rings (SSSR count). The Hall–Kier alpha value is -2.36. The Morgan fingerprint density at radius 2 is 1.90 bits per heavy atom. The first kappa shape index (κ1) is 14.1. The molecule has 0 atom stereocenters. The number of nitrogens with zero attached hydrogens (tertiary/aromatic N) is 2. The van der Waals surface area contributed by atoms with Crippen LogP contribution in [0.2, 0.25) is 0 Å². The van der Waals surface area contributed by atoms with Gasteiger partial charge in [0, 0.05) is 5.56 Å². The molecule has 1 aromatic carbocycles. The van der Waals surface area contributed by atoms with Gasteiger partial charge in [0.1, 0.15) is 0 Å². The SMILES string of the molecule is C=CCn1nc(C(=O)O)cc1-c1cc(C)c(C)cc1C. The highest BCUT2D eigenvalue weighted by Crippen LogP contribution is 2.27. The predicted molar refractivity (Wildman–Crippen MR) is 79.0 cm³/mol. The lowest BCUT2D eigenvalue weighted by molar-refractivity contribution is 0.0689. The Morgan fingerprint density at radius 3 is 2.50 bits per heavy atom. The van der Waals surface area contributed by atoms with Crippen molar-refractivity contribution in [3.05, 3.63) is 53.2 Å². The molecule has 0 aliphatic rings. The molecule has 2 aromatic rings. The summed E-state index contributed by atoms with van der Waals surface area (Å²) in [7, 11) is 0. The Morgan fingerprint density at radius 1 is 1.25 bits per heavy atom. The molecule has 1 aromatic heterocycles. The molecule has 0 spiro atoms. The van der Waals surface area contributed by atoms with Crippen LogP contribution in [-0.2, 0) is 6.54 Å². The molecular weight excluding hydrogens is 252 g/mol. The van der Waals surface area contributed by atoms with E-state index < -0.39 is 5.97 Å². The van der Waals surface area contributed by atoms with Crippen LogP contribution in [0, 0.1) is 20.8 Å². The lowest BCUT2D eigenvalue weighted by Crippen LogP contribution is -2.03. The second-order valence-corrected chi connectivity index (χ2v) is 4.94. The zero-order chi connectivity index (χ0) is 14.9. The average molecular weight is 270 g/mol. The van der Waals surface area contributed by atoms with Gasteiger partial charge in [-0.2, -0.15) is 5.10 Å². The van der Waals surface area contributed by atoms with Crippen molar-refractivity contribution in [2.75, 3.05) is 0 Å². The summed E-state index contributed by atoms with van der Waals surface area (Å²) in [6, 6.07) is 5.80. The first-order valence-corrected chi connectivity index (χ1v) is 6.44. The predicted octanol–water partition coefficient (Wildman–Crippen LogP) is 3.36. The molecule has 0 saturated heterocycles. The molecule has 0 radical (unpaired) electrons. The van der Waals surface area contributed by atoms with Crippen LogP contribution in [0.1, 0.15) is 27.2 Å². The fourth-order valence-electron chi connectivity index (χ4n) is 2.24. The molecule has 4 nitrogen and oxygen atoms in total. The van der Waals surface area contributed by atoms with Crippen LogP contribution in [0.15, 0.2) is 30.9 Å². The molecule has 1 heterocycles. The van der Waals surface area contributed by atoms with Crippen molar-refractivity contribution in [2.24, 2.45) is 0 Å². The monoisotopic (exact) mass is 270 g/mol. The summed E-state index contributed by atoms with van der Waals surface area (Å²) >= 11 is 0. The molecule has 0 aliphatic heterocycles. The van der Waals surface area contributed by atoms with E-state index in [4.69, 9.17) is 5.11 Å². The van der Waals surface area contributed by atoms with Gasteiger partial charge in [0.15, 0.2) is 5.69 Å². The number of aryl methyl sites for hydroxylation is 3. The molecule has 0 unspecified atom stereocenters. The minimum atomic E-state index is -1.02. The van der Waals surface area contributed by atoms with Gasteiger partial charge in [0.2, 0.25) is 0 Å². The number of allylic oxidation sites excluding steroid dienone is 1. The molecule has 0 bridgehead atoms. The molecule has 0 aliphatic carbocycles. The lowest BCUT2D eigenvalue weighted by Gasteiger charge is -2.11. The van der Waals surface area contributed by atoms with E-state index in [0.29, 0.717) is 6.54 Å². The van der Waals surface area contributed by atoms with Crippen molar-refractivity contribution in [3.8, 4) is 11.3 Å². The van der Waals surface area contributed by atoms with Gasteiger partial charge in [-0.3, -0.25) is 4.68 Å². The number of rotatable bonds is 4. The van der Waals surface area contributed by atoms with E-state index in [1.165, 1.54) is 11.1 Å². The van der Waals surface area contributed by atoms with Crippen molar-refractivity contribution in [3.63, 3.8) is 0 Å². The summed E-state index contributed by atoms with van der Waals surface area (Å²) in [6.45, 7) is 10.3. The van der Waals surface area contributed by atoms with Crippen molar-refractivity contribution in [2.45, 2.75) is 27.3 Å². The maximum atomic E-state index is 11.1. The van der Waals surface area contributed by atoms with Crippen LogP contribution in [0.4, 0.5) is 0 Å². The maximum absolute atomic E-state index is 11.1. The number of benzene rings is 1. The first-order valence-electron chi connectivity index (χ1n) is 6.44. The van der Waals surface area contributed by atoms with Gasteiger partial charge in [-0.15, -0.1) is 6.58 Å². The van der Waals surface area contributed by atoms with Crippen LogP contribution < -0.4 is 0 Å². The Kier molecular flexibility index (Phi) is 3.74. The number of aromatic nitrogens is 2. The normalized spacial score (nSPS) is 10.6. The Bertz CT molecular complexity index is 684. The standard InChI is InChI=1S/C16H18N2O2/c1-5-6-18-15(9-14(17-18)16(19)20)13-8-11(3)10(2)7-12(13)4/h5,7-9H,1,6H2,2-4H3,(H,19,20). The number of carbonyl (C=O) groups is 1. The number of aromatic carboxylic acids is 1. The van der Waals surface area contributed by atoms with Gasteiger partial charge in [-0.05, 0) is 49.6 Å². The molecule has 4 heteroatoms. The third-order valence-corrected chi connectivity index (χ3v) is 3.42. The molecule has 104 valence electrons. The second kappa shape index (κ2) is 5.33. The first-order chi connectivity index (χ1) is 9.43. The topological polar surface area (TPSA) is 55.1 Å². The van der Waals surface area contributed by atoms with Crippen molar-refractivity contribution in [1.82, 2.24) is 9.78 Å². The van der Waals surface area contributed by atoms with E-state index in [1.54, 1.807) is 16.8 Å². The summed E-state index contributed by atoms with van der Waals surface area (Å²) in [5, 5.41) is 13.2. The number of carboxylic acid groups (broad SMARTS) is 1. The van der Waals surface area contributed by atoms with Crippen LogP contribution >= 0.6 is 0 Å². The quantitative estimate of drug-likeness (QED) is 0.867. The van der Waals surface area contributed by atoms with E-state index in [0.717, 1.165) is 16.8 Å². The molecule has 0 fully saturated rings. The number of carboxylic acids is 1. The molecule has 20 heavy (non-hydrogen) atoms. The van der Waals surface area contributed by atoms with E-state index in [9.17, 15) is 4.79 Å².